The van der Waals surface area contributed by atoms with Gasteiger partial charge in [-0.15, -0.1) is 22.7 Å². The summed E-state index contributed by atoms with van der Waals surface area (Å²) in [5, 5.41) is 12.7. The number of thiazole rings is 1. The molecule has 0 aliphatic carbocycles. The summed E-state index contributed by atoms with van der Waals surface area (Å²) in [6.07, 6.45) is 0.898. The first kappa shape index (κ1) is 13.3. The van der Waals surface area contributed by atoms with E-state index in [1.165, 1.54) is 0 Å². The maximum atomic E-state index is 4.48. The molecule has 0 atom stereocenters. The number of anilines is 2. The van der Waals surface area contributed by atoms with Crippen LogP contribution in [0, 0.1) is 6.92 Å². The van der Waals surface area contributed by atoms with Crippen LogP contribution < -0.4 is 10.6 Å². The summed E-state index contributed by atoms with van der Waals surface area (Å²) >= 11 is 3.31. The normalized spacial score (nSPS) is 10.9. The van der Waals surface area contributed by atoms with Gasteiger partial charge in [-0.05, 0) is 18.4 Å². The SMILES string of the molecule is CNc1nc(NCCc2csc(C)n2)c2ccsc2n1. The number of rotatable bonds is 5. The molecule has 3 rings (SSSR count). The van der Waals surface area contributed by atoms with Crippen LogP contribution in [0.15, 0.2) is 16.8 Å². The Kier molecular flexibility index (Phi) is 3.79. The lowest BCUT2D eigenvalue weighted by Crippen LogP contribution is -2.08. The molecule has 3 aromatic rings. The molecule has 0 radical (unpaired) electrons. The number of aryl methyl sites for hydroxylation is 1. The lowest BCUT2D eigenvalue weighted by molar-refractivity contribution is 0.961. The van der Waals surface area contributed by atoms with Gasteiger partial charge in [-0.1, -0.05) is 0 Å². The van der Waals surface area contributed by atoms with Crippen molar-refractivity contribution in [1.29, 1.82) is 0 Å². The van der Waals surface area contributed by atoms with Crippen LogP contribution in [0.2, 0.25) is 0 Å². The molecule has 0 aliphatic heterocycles. The molecule has 0 saturated carbocycles. The van der Waals surface area contributed by atoms with E-state index in [2.05, 4.69) is 37.0 Å². The van der Waals surface area contributed by atoms with Crippen molar-refractivity contribution in [3.8, 4) is 0 Å². The molecule has 5 nitrogen and oxygen atoms in total. The van der Waals surface area contributed by atoms with Crippen molar-refractivity contribution in [3.05, 3.63) is 27.5 Å². The third-order valence-corrected chi connectivity index (χ3v) is 4.52. The van der Waals surface area contributed by atoms with Crippen LogP contribution in [-0.2, 0) is 6.42 Å². The highest BCUT2D eigenvalue weighted by Gasteiger charge is 2.08. The lowest BCUT2D eigenvalue weighted by Gasteiger charge is -2.07. The van der Waals surface area contributed by atoms with E-state index in [9.17, 15) is 0 Å². The van der Waals surface area contributed by atoms with Crippen LogP contribution in [0.1, 0.15) is 10.7 Å². The Morgan fingerprint density at radius 3 is 2.85 bits per heavy atom. The molecule has 0 amide bonds. The average molecular weight is 305 g/mol. The predicted molar refractivity (Wildman–Crippen MR) is 86.0 cm³/mol. The van der Waals surface area contributed by atoms with E-state index in [1.807, 2.05) is 19.4 Å². The van der Waals surface area contributed by atoms with Crippen molar-refractivity contribution in [3.63, 3.8) is 0 Å². The monoisotopic (exact) mass is 305 g/mol. The molecule has 104 valence electrons. The maximum Gasteiger partial charge on any atom is 0.225 e. The zero-order chi connectivity index (χ0) is 13.9. The molecule has 0 saturated heterocycles. The molecule has 0 aromatic carbocycles. The molecule has 0 unspecified atom stereocenters. The summed E-state index contributed by atoms with van der Waals surface area (Å²) in [6, 6.07) is 2.05. The van der Waals surface area contributed by atoms with Crippen molar-refractivity contribution in [1.82, 2.24) is 15.0 Å². The highest BCUT2D eigenvalue weighted by Crippen LogP contribution is 2.26. The average Bonchev–Trinajstić information content (AvgIpc) is 3.07. The summed E-state index contributed by atoms with van der Waals surface area (Å²) < 4.78 is 0. The van der Waals surface area contributed by atoms with Crippen molar-refractivity contribution in [2.45, 2.75) is 13.3 Å². The summed E-state index contributed by atoms with van der Waals surface area (Å²) in [7, 11) is 1.83. The molecular formula is C13H15N5S2. The molecule has 0 aliphatic rings. The Morgan fingerprint density at radius 1 is 1.20 bits per heavy atom. The number of aromatic nitrogens is 3. The van der Waals surface area contributed by atoms with Crippen LogP contribution in [0.25, 0.3) is 10.2 Å². The summed E-state index contributed by atoms with van der Waals surface area (Å²) in [5.41, 5.74) is 1.13. The third kappa shape index (κ3) is 2.73. The Balaban J connectivity index is 1.74. The minimum atomic E-state index is 0.645. The molecular weight excluding hydrogens is 290 g/mol. The molecule has 0 spiro atoms. The standard InChI is InChI=1S/C13H15N5S2/c1-8-16-9(7-20-8)3-5-15-11-10-4-6-19-12(10)18-13(14-2)17-11/h4,6-7H,3,5H2,1-2H3,(H2,14,15,17,18). The van der Waals surface area contributed by atoms with Crippen molar-refractivity contribution < 1.29 is 0 Å². The van der Waals surface area contributed by atoms with Gasteiger partial charge in [0.15, 0.2) is 0 Å². The highest BCUT2D eigenvalue weighted by atomic mass is 32.1. The summed E-state index contributed by atoms with van der Waals surface area (Å²) in [4.78, 5) is 14.4. The summed E-state index contributed by atoms with van der Waals surface area (Å²) in [5.74, 6) is 1.53. The number of fused-ring (bicyclic) bond motifs is 1. The largest absolute Gasteiger partial charge is 0.369 e. The van der Waals surface area contributed by atoms with E-state index in [-0.39, 0.29) is 0 Å². The van der Waals surface area contributed by atoms with Gasteiger partial charge in [0, 0.05) is 25.4 Å². The Labute approximate surface area is 125 Å². The van der Waals surface area contributed by atoms with Gasteiger partial charge >= 0.3 is 0 Å². The van der Waals surface area contributed by atoms with Gasteiger partial charge in [0.25, 0.3) is 0 Å². The van der Waals surface area contributed by atoms with Gasteiger partial charge < -0.3 is 10.6 Å². The lowest BCUT2D eigenvalue weighted by atomic mass is 10.3. The van der Waals surface area contributed by atoms with Crippen LogP contribution in [-0.4, -0.2) is 28.5 Å². The fraction of sp³-hybridized carbons (Fsp3) is 0.308. The van der Waals surface area contributed by atoms with Crippen LogP contribution in [0.3, 0.4) is 0 Å². The third-order valence-electron chi connectivity index (χ3n) is 2.89. The topological polar surface area (TPSA) is 62.7 Å². The van der Waals surface area contributed by atoms with Crippen LogP contribution >= 0.6 is 22.7 Å². The second kappa shape index (κ2) is 5.72. The molecule has 2 N–H and O–H groups in total. The number of nitrogens with one attached hydrogen (secondary N) is 2. The molecule has 3 heterocycles. The van der Waals surface area contributed by atoms with Crippen molar-refractivity contribution in [2.75, 3.05) is 24.2 Å². The number of thiophene rings is 1. The first-order chi connectivity index (χ1) is 9.76. The number of nitrogens with zero attached hydrogens (tertiary/aromatic N) is 3. The molecule has 3 aromatic heterocycles. The summed E-state index contributed by atoms with van der Waals surface area (Å²) in [6.45, 7) is 2.84. The molecule has 20 heavy (non-hydrogen) atoms. The van der Waals surface area contributed by atoms with E-state index in [4.69, 9.17) is 0 Å². The van der Waals surface area contributed by atoms with E-state index in [0.717, 1.165) is 39.7 Å². The fourth-order valence-corrected chi connectivity index (χ4v) is 3.34. The van der Waals surface area contributed by atoms with Gasteiger partial charge in [0.2, 0.25) is 5.95 Å². The minimum absolute atomic E-state index is 0.645. The molecule has 7 heteroatoms. The smallest absolute Gasteiger partial charge is 0.225 e. The van der Waals surface area contributed by atoms with Gasteiger partial charge in [-0.3, -0.25) is 0 Å². The second-order valence-corrected chi connectivity index (χ2v) is 6.28. The first-order valence-corrected chi connectivity index (χ1v) is 8.10. The van der Waals surface area contributed by atoms with E-state index in [1.54, 1.807) is 22.7 Å². The highest BCUT2D eigenvalue weighted by molar-refractivity contribution is 7.16. The van der Waals surface area contributed by atoms with Gasteiger partial charge in [0.1, 0.15) is 10.6 Å². The van der Waals surface area contributed by atoms with Crippen LogP contribution in [0.4, 0.5) is 11.8 Å². The van der Waals surface area contributed by atoms with E-state index >= 15 is 0 Å². The van der Waals surface area contributed by atoms with Crippen LogP contribution in [0.5, 0.6) is 0 Å². The second-order valence-electron chi connectivity index (χ2n) is 4.32. The number of hydrogen-bond donors (Lipinski definition) is 2. The zero-order valence-electron chi connectivity index (χ0n) is 11.3. The van der Waals surface area contributed by atoms with E-state index in [0.29, 0.717) is 5.95 Å². The quantitative estimate of drug-likeness (QED) is 0.758. The maximum absolute atomic E-state index is 4.48. The number of hydrogen-bond acceptors (Lipinski definition) is 7. The van der Waals surface area contributed by atoms with Gasteiger partial charge in [-0.2, -0.15) is 4.98 Å². The van der Waals surface area contributed by atoms with Gasteiger partial charge in [0.05, 0.1) is 16.1 Å². The first-order valence-electron chi connectivity index (χ1n) is 6.34. The zero-order valence-corrected chi connectivity index (χ0v) is 12.9. The minimum Gasteiger partial charge on any atom is -0.369 e. The van der Waals surface area contributed by atoms with Crippen molar-refractivity contribution in [2.24, 2.45) is 0 Å². The Hall–Kier alpha value is -1.73. The Bertz CT molecular complexity index is 718. The fourth-order valence-electron chi connectivity index (χ4n) is 1.93. The Morgan fingerprint density at radius 2 is 2.10 bits per heavy atom. The molecule has 0 fully saturated rings. The van der Waals surface area contributed by atoms with Gasteiger partial charge in [-0.25, -0.2) is 9.97 Å². The predicted octanol–water partition coefficient (Wildman–Crippen LogP) is 3.15. The van der Waals surface area contributed by atoms with E-state index < -0.39 is 0 Å². The van der Waals surface area contributed by atoms with Crippen molar-refractivity contribution >= 4 is 44.7 Å². The molecule has 0 bridgehead atoms.